The molecule has 2 unspecified atom stereocenters. The summed E-state index contributed by atoms with van der Waals surface area (Å²) in [7, 11) is 0. The minimum absolute atomic E-state index is 0.0771. The van der Waals surface area contributed by atoms with Gasteiger partial charge in [0.2, 0.25) is 11.8 Å². The molecule has 7 heteroatoms. The lowest BCUT2D eigenvalue weighted by Gasteiger charge is -2.23. The molecule has 0 amide bonds. The normalized spacial score (nSPS) is 24.0. The van der Waals surface area contributed by atoms with E-state index in [0.29, 0.717) is 17.9 Å². The molecule has 2 rings (SSSR count). The van der Waals surface area contributed by atoms with Crippen molar-refractivity contribution in [2.75, 3.05) is 17.2 Å². The Labute approximate surface area is 98.8 Å². The molecule has 2 atom stereocenters. The zero-order valence-corrected chi connectivity index (χ0v) is 9.83. The van der Waals surface area contributed by atoms with Gasteiger partial charge in [0, 0.05) is 12.6 Å². The zero-order chi connectivity index (χ0) is 12.6. The largest absolute Gasteiger partial charge is 0.378 e. The molecule has 7 nitrogen and oxygen atoms in total. The van der Waals surface area contributed by atoms with Crippen molar-refractivity contribution in [1.82, 2.24) is 9.97 Å². The van der Waals surface area contributed by atoms with Crippen LogP contribution in [0.1, 0.15) is 20.3 Å². The van der Waals surface area contributed by atoms with Gasteiger partial charge in [-0.1, -0.05) is 6.92 Å². The summed E-state index contributed by atoms with van der Waals surface area (Å²) >= 11 is 0. The van der Waals surface area contributed by atoms with Gasteiger partial charge in [0.05, 0.1) is 4.92 Å². The summed E-state index contributed by atoms with van der Waals surface area (Å²) in [6.45, 7) is 5.12. The zero-order valence-electron chi connectivity index (χ0n) is 9.83. The number of nitrogen functional groups attached to an aromatic ring is 1. The summed E-state index contributed by atoms with van der Waals surface area (Å²) in [4.78, 5) is 20.1. The van der Waals surface area contributed by atoms with Crippen LogP contribution in [0.5, 0.6) is 0 Å². The quantitative estimate of drug-likeness (QED) is 0.613. The van der Waals surface area contributed by atoms with E-state index >= 15 is 0 Å². The van der Waals surface area contributed by atoms with Crippen LogP contribution in [0, 0.1) is 16.0 Å². The number of rotatable bonds is 2. The van der Waals surface area contributed by atoms with Crippen LogP contribution in [-0.4, -0.2) is 27.5 Å². The van der Waals surface area contributed by atoms with Crippen LogP contribution in [0.2, 0.25) is 0 Å². The molecule has 1 aromatic rings. The third-order valence-corrected chi connectivity index (χ3v) is 3.38. The summed E-state index contributed by atoms with van der Waals surface area (Å²) < 4.78 is 0. The Morgan fingerprint density at radius 2 is 2.29 bits per heavy atom. The molecule has 92 valence electrons. The Morgan fingerprint density at radius 1 is 1.59 bits per heavy atom. The molecular weight excluding hydrogens is 222 g/mol. The molecule has 1 aliphatic heterocycles. The van der Waals surface area contributed by atoms with Gasteiger partial charge in [-0.15, -0.1) is 0 Å². The highest BCUT2D eigenvalue weighted by Gasteiger charge is 2.30. The maximum absolute atomic E-state index is 10.6. The molecule has 17 heavy (non-hydrogen) atoms. The van der Waals surface area contributed by atoms with E-state index in [4.69, 9.17) is 5.73 Å². The highest BCUT2D eigenvalue weighted by Crippen LogP contribution is 2.28. The molecule has 1 saturated heterocycles. The van der Waals surface area contributed by atoms with Crippen molar-refractivity contribution in [3.8, 4) is 0 Å². The van der Waals surface area contributed by atoms with Gasteiger partial charge in [-0.2, -0.15) is 4.98 Å². The Kier molecular flexibility index (Phi) is 2.83. The molecular formula is C10H15N5O2. The van der Waals surface area contributed by atoms with Gasteiger partial charge in [0.1, 0.15) is 6.20 Å². The van der Waals surface area contributed by atoms with Crippen LogP contribution < -0.4 is 10.6 Å². The van der Waals surface area contributed by atoms with E-state index in [1.54, 1.807) is 0 Å². The van der Waals surface area contributed by atoms with Crippen molar-refractivity contribution in [3.63, 3.8) is 0 Å². The molecule has 2 heterocycles. The van der Waals surface area contributed by atoms with Crippen LogP contribution >= 0.6 is 0 Å². The summed E-state index contributed by atoms with van der Waals surface area (Å²) in [5, 5.41) is 10.6. The van der Waals surface area contributed by atoms with Gasteiger partial charge in [0.15, 0.2) is 0 Å². The van der Waals surface area contributed by atoms with Crippen molar-refractivity contribution in [1.29, 1.82) is 0 Å². The van der Waals surface area contributed by atoms with E-state index in [2.05, 4.69) is 23.8 Å². The van der Waals surface area contributed by atoms with E-state index in [-0.39, 0.29) is 11.5 Å². The lowest BCUT2D eigenvalue weighted by atomic mass is 10.1. The third-order valence-electron chi connectivity index (χ3n) is 3.38. The van der Waals surface area contributed by atoms with Gasteiger partial charge < -0.3 is 10.6 Å². The number of nitro groups is 1. The average molecular weight is 237 g/mol. The lowest BCUT2D eigenvalue weighted by molar-refractivity contribution is -0.384. The molecule has 0 saturated carbocycles. The molecule has 1 aromatic heterocycles. The molecule has 0 radical (unpaired) electrons. The smallest absolute Gasteiger partial charge is 0.329 e. The first-order chi connectivity index (χ1) is 8.00. The summed E-state index contributed by atoms with van der Waals surface area (Å²) in [6, 6.07) is 0.329. The fourth-order valence-corrected chi connectivity index (χ4v) is 2.03. The van der Waals surface area contributed by atoms with Crippen molar-refractivity contribution < 1.29 is 4.92 Å². The number of nitrogens with two attached hydrogens (primary N) is 1. The first-order valence-electron chi connectivity index (χ1n) is 5.54. The number of hydrogen-bond acceptors (Lipinski definition) is 6. The van der Waals surface area contributed by atoms with E-state index < -0.39 is 4.92 Å². The summed E-state index contributed by atoms with van der Waals surface area (Å²) in [5.41, 5.74) is 5.31. The monoisotopic (exact) mass is 237 g/mol. The number of anilines is 2. The second-order valence-corrected chi connectivity index (χ2v) is 4.40. The second kappa shape index (κ2) is 4.15. The first-order valence-corrected chi connectivity index (χ1v) is 5.54. The van der Waals surface area contributed by atoms with Crippen LogP contribution in [0.15, 0.2) is 6.20 Å². The van der Waals surface area contributed by atoms with Crippen LogP contribution in [0.4, 0.5) is 17.5 Å². The van der Waals surface area contributed by atoms with Crippen molar-refractivity contribution >= 4 is 17.5 Å². The van der Waals surface area contributed by atoms with Crippen LogP contribution in [0.3, 0.4) is 0 Å². The molecule has 0 spiro atoms. The maximum atomic E-state index is 10.6. The Hall–Kier alpha value is -1.92. The lowest BCUT2D eigenvalue weighted by Crippen LogP contribution is -2.30. The number of nitrogens with zero attached hydrogens (tertiary/aromatic N) is 4. The molecule has 1 fully saturated rings. The number of hydrogen-bond donors (Lipinski definition) is 1. The summed E-state index contributed by atoms with van der Waals surface area (Å²) in [5.74, 6) is 0.965. The van der Waals surface area contributed by atoms with Gasteiger partial charge >= 0.3 is 5.69 Å². The first kappa shape index (κ1) is 11.6. The van der Waals surface area contributed by atoms with Gasteiger partial charge in [-0.25, -0.2) is 4.98 Å². The highest BCUT2D eigenvalue weighted by atomic mass is 16.6. The maximum Gasteiger partial charge on any atom is 0.329 e. The van der Waals surface area contributed by atoms with Gasteiger partial charge in [-0.05, 0) is 19.3 Å². The van der Waals surface area contributed by atoms with Crippen LogP contribution in [-0.2, 0) is 0 Å². The fraction of sp³-hybridized carbons (Fsp3) is 0.600. The Morgan fingerprint density at radius 3 is 2.76 bits per heavy atom. The van der Waals surface area contributed by atoms with Crippen molar-refractivity contribution in [2.45, 2.75) is 26.3 Å². The molecule has 2 N–H and O–H groups in total. The molecule has 0 aromatic carbocycles. The van der Waals surface area contributed by atoms with Crippen molar-refractivity contribution in [2.24, 2.45) is 5.92 Å². The average Bonchev–Trinajstić information content (AvgIpc) is 2.59. The van der Waals surface area contributed by atoms with Gasteiger partial charge in [0.25, 0.3) is 0 Å². The predicted octanol–water partition coefficient (Wildman–Crippen LogP) is 1.20. The fourth-order valence-electron chi connectivity index (χ4n) is 2.03. The minimum Gasteiger partial charge on any atom is -0.378 e. The van der Waals surface area contributed by atoms with E-state index in [9.17, 15) is 10.1 Å². The standard InChI is InChI=1S/C10H15N5O2/c1-6-3-4-14(7(6)2)10-12-5-8(15(16)17)9(11)13-10/h5-7H,3-4H2,1-2H3,(H2,11,12,13). The SMILES string of the molecule is CC1CCN(c2ncc([N+](=O)[O-])c(N)n2)C1C. The topological polar surface area (TPSA) is 98.2 Å². The highest BCUT2D eigenvalue weighted by molar-refractivity contribution is 5.54. The van der Waals surface area contributed by atoms with Gasteiger partial charge in [-0.3, -0.25) is 10.1 Å². The van der Waals surface area contributed by atoms with E-state index in [1.807, 2.05) is 4.90 Å². The van der Waals surface area contributed by atoms with Crippen LogP contribution in [0.25, 0.3) is 0 Å². The Balaban J connectivity index is 2.29. The van der Waals surface area contributed by atoms with E-state index in [1.165, 1.54) is 6.20 Å². The Bertz CT molecular complexity index is 450. The third kappa shape index (κ3) is 2.00. The second-order valence-electron chi connectivity index (χ2n) is 4.40. The van der Waals surface area contributed by atoms with Crippen molar-refractivity contribution in [3.05, 3.63) is 16.3 Å². The molecule has 0 aliphatic carbocycles. The van der Waals surface area contributed by atoms with E-state index in [0.717, 1.165) is 13.0 Å². The molecule has 1 aliphatic rings. The number of aromatic nitrogens is 2. The predicted molar refractivity (Wildman–Crippen MR) is 63.7 cm³/mol. The summed E-state index contributed by atoms with van der Waals surface area (Å²) in [6.07, 6.45) is 2.24. The molecule has 0 bridgehead atoms. The minimum atomic E-state index is -0.574.